The molecule has 0 bridgehead atoms. The number of esters is 2. The molecule has 0 N–H and O–H groups in total. The van der Waals surface area contributed by atoms with Crippen LogP contribution < -0.4 is 9.47 Å². The van der Waals surface area contributed by atoms with E-state index >= 15 is 0 Å². The Balaban J connectivity index is 1.83. The van der Waals surface area contributed by atoms with E-state index in [9.17, 15) is 14.4 Å². The second-order valence-corrected chi connectivity index (χ2v) is 6.74. The van der Waals surface area contributed by atoms with Gasteiger partial charge in [-0.2, -0.15) is 0 Å². The van der Waals surface area contributed by atoms with Crippen LogP contribution in [0.1, 0.15) is 29.8 Å². The molecule has 2 rings (SSSR count). The smallest absolute Gasteiger partial charge is 0.335 e. The summed E-state index contributed by atoms with van der Waals surface area (Å²) in [6.07, 6.45) is 3.13. The minimum Gasteiger partial charge on any atom is -0.457 e. The van der Waals surface area contributed by atoms with E-state index in [-0.39, 0.29) is 24.9 Å². The second kappa shape index (κ2) is 11.9. The van der Waals surface area contributed by atoms with E-state index in [2.05, 4.69) is 13.2 Å². The average molecular weight is 436 g/mol. The van der Waals surface area contributed by atoms with E-state index in [1.807, 2.05) is 0 Å². The molecular formula is C25H24O7. The number of rotatable bonds is 11. The van der Waals surface area contributed by atoms with E-state index in [4.69, 9.17) is 18.9 Å². The van der Waals surface area contributed by atoms with Gasteiger partial charge >= 0.3 is 11.9 Å². The van der Waals surface area contributed by atoms with Crippen molar-refractivity contribution in [2.24, 2.45) is 0 Å². The van der Waals surface area contributed by atoms with E-state index in [1.54, 1.807) is 68.5 Å². The quantitative estimate of drug-likeness (QED) is 0.222. The minimum atomic E-state index is -0.534. The Kier molecular flexibility index (Phi) is 8.98. The van der Waals surface area contributed by atoms with Crippen molar-refractivity contribution in [1.82, 2.24) is 0 Å². The summed E-state index contributed by atoms with van der Waals surface area (Å²) in [5.74, 6) is -0.254. The van der Waals surface area contributed by atoms with Crippen molar-refractivity contribution in [3.63, 3.8) is 0 Å². The fraction of sp³-hybridized carbons (Fsp3) is 0.160. The van der Waals surface area contributed by atoms with Gasteiger partial charge in [0.15, 0.2) is 5.78 Å². The van der Waals surface area contributed by atoms with Crippen molar-refractivity contribution in [1.29, 1.82) is 0 Å². The summed E-state index contributed by atoms with van der Waals surface area (Å²) in [5, 5.41) is 0. The monoisotopic (exact) mass is 436 g/mol. The lowest BCUT2D eigenvalue weighted by molar-refractivity contribution is -0.146. The summed E-state index contributed by atoms with van der Waals surface area (Å²) < 4.78 is 20.3. The Morgan fingerprint density at radius 2 is 1.19 bits per heavy atom. The highest BCUT2D eigenvalue weighted by molar-refractivity contribution is 6.06. The van der Waals surface area contributed by atoms with Crippen molar-refractivity contribution < 1.29 is 33.3 Å². The maximum atomic E-state index is 12.3. The third kappa shape index (κ3) is 7.95. The van der Waals surface area contributed by atoms with Crippen LogP contribution in [0.4, 0.5) is 0 Å². The number of carbonyl (C=O) groups excluding carboxylic acids is 3. The highest BCUT2D eigenvalue weighted by atomic mass is 16.7. The van der Waals surface area contributed by atoms with E-state index in [0.717, 1.165) is 5.56 Å². The lowest BCUT2D eigenvalue weighted by Gasteiger charge is -2.07. The van der Waals surface area contributed by atoms with Gasteiger partial charge in [-0.05, 0) is 61.9 Å². The van der Waals surface area contributed by atoms with Gasteiger partial charge in [0.25, 0.3) is 0 Å². The molecule has 0 amide bonds. The van der Waals surface area contributed by atoms with Crippen LogP contribution in [0.5, 0.6) is 11.5 Å². The lowest BCUT2D eigenvalue weighted by atomic mass is 10.1. The number of carbonyl (C=O) groups is 3. The zero-order valence-corrected chi connectivity index (χ0v) is 18.0. The molecule has 0 aliphatic heterocycles. The zero-order valence-electron chi connectivity index (χ0n) is 18.0. The van der Waals surface area contributed by atoms with Crippen molar-refractivity contribution >= 4 is 23.8 Å². The molecule has 0 aromatic heterocycles. The second-order valence-electron chi connectivity index (χ2n) is 6.74. The minimum absolute atomic E-state index is 0.183. The molecule has 32 heavy (non-hydrogen) atoms. The molecule has 7 nitrogen and oxygen atoms in total. The normalized spacial score (nSPS) is 10.3. The van der Waals surface area contributed by atoms with Crippen molar-refractivity contribution in [3.05, 3.63) is 90.0 Å². The molecule has 0 radical (unpaired) electrons. The highest BCUT2D eigenvalue weighted by Crippen LogP contribution is 2.16. The topological polar surface area (TPSA) is 88.1 Å². The fourth-order valence-corrected chi connectivity index (χ4v) is 2.21. The van der Waals surface area contributed by atoms with Crippen LogP contribution in [0.2, 0.25) is 0 Å². The van der Waals surface area contributed by atoms with Gasteiger partial charge in [0.2, 0.25) is 13.6 Å². The molecule has 0 fully saturated rings. The summed E-state index contributed by atoms with van der Waals surface area (Å²) >= 11 is 0. The standard InChI is InChI=1S/C25H24O7/c1-17(2)24(27)31-15-29-21-10-5-19(6-11-21)7-14-23(26)20-8-12-22(13-9-20)30-16-32-25(28)18(3)4/h5-14H,1,3,15-16H2,2,4H3/b14-7+. The number of ether oxygens (including phenoxy) is 4. The molecule has 2 aromatic rings. The van der Waals surface area contributed by atoms with E-state index in [0.29, 0.717) is 22.6 Å². The number of ketones is 1. The third-order valence-corrected chi connectivity index (χ3v) is 3.97. The molecule has 0 unspecified atom stereocenters. The van der Waals surface area contributed by atoms with Crippen LogP contribution >= 0.6 is 0 Å². The first kappa shape index (κ1) is 24.1. The first-order valence-electron chi connectivity index (χ1n) is 9.59. The maximum absolute atomic E-state index is 12.3. The molecule has 0 spiro atoms. The maximum Gasteiger partial charge on any atom is 0.335 e. The van der Waals surface area contributed by atoms with Crippen LogP contribution in [0.25, 0.3) is 6.08 Å². The van der Waals surface area contributed by atoms with Gasteiger partial charge in [-0.1, -0.05) is 31.4 Å². The van der Waals surface area contributed by atoms with Crippen molar-refractivity contribution in [3.8, 4) is 11.5 Å². The molecule has 0 saturated heterocycles. The SMILES string of the molecule is C=C(C)C(=O)OCOc1ccc(/C=C/C(=O)c2ccc(OCOC(=O)C(=C)C)cc2)cc1. The summed E-state index contributed by atoms with van der Waals surface area (Å²) in [5.41, 5.74) is 1.85. The third-order valence-electron chi connectivity index (χ3n) is 3.97. The number of allylic oxidation sites excluding steroid dienone is 1. The Bertz CT molecular complexity index is 1020. The Hall–Kier alpha value is -4.13. The molecule has 0 saturated carbocycles. The molecule has 0 heterocycles. The molecule has 7 heteroatoms. The first-order chi connectivity index (χ1) is 15.3. The molecule has 0 aliphatic rings. The summed E-state index contributed by atoms with van der Waals surface area (Å²) in [4.78, 5) is 34.9. The first-order valence-corrected chi connectivity index (χ1v) is 9.59. The van der Waals surface area contributed by atoms with Gasteiger partial charge < -0.3 is 18.9 Å². The van der Waals surface area contributed by atoms with Crippen molar-refractivity contribution in [2.75, 3.05) is 13.6 Å². The Labute approximate surface area is 186 Å². The summed E-state index contributed by atoms with van der Waals surface area (Å²) in [6.45, 7) is 9.61. The largest absolute Gasteiger partial charge is 0.457 e. The predicted molar refractivity (Wildman–Crippen MR) is 119 cm³/mol. The lowest BCUT2D eigenvalue weighted by Crippen LogP contribution is -2.10. The van der Waals surface area contributed by atoms with E-state index in [1.165, 1.54) is 6.08 Å². The van der Waals surface area contributed by atoms with E-state index < -0.39 is 11.9 Å². The van der Waals surface area contributed by atoms with Crippen LogP contribution in [0.15, 0.2) is 78.9 Å². The molecular weight excluding hydrogens is 412 g/mol. The number of benzene rings is 2. The van der Waals surface area contributed by atoms with Crippen molar-refractivity contribution in [2.45, 2.75) is 13.8 Å². The molecule has 2 aromatic carbocycles. The van der Waals surface area contributed by atoms with Crippen LogP contribution in [0.3, 0.4) is 0 Å². The predicted octanol–water partition coefficient (Wildman–Crippen LogP) is 4.49. The summed E-state index contributed by atoms with van der Waals surface area (Å²) in [6, 6.07) is 13.4. The summed E-state index contributed by atoms with van der Waals surface area (Å²) in [7, 11) is 0. The average Bonchev–Trinajstić information content (AvgIpc) is 2.78. The fourth-order valence-electron chi connectivity index (χ4n) is 2.21. The van der Waals surface area contributed by atoms with Crippen LogP contribution in [-0.4, -0.2) is 31.3 Å². The van der Waals surface area contributed by atoms with Crippen LogP contribution in [-0.2, 0) is 19.1 Å². The van der Waals surface area contributed by atoms with Gasteiger partial charge in [0, 0.05) is 16.7 Å². The highest BCUT2D eigenvalue weighted by Gasteiger charge is 2.06. The molecule has 0 atom stereocenters. The van der Waals surface area contributed by atoms with Crippen LogP contribution in [0, 0.1) is 0 Å². The Morgan fingerprint density at radius 1 is 0.750 bits per heavy atom. The van der Waals surface area contributed by atoms with Gasteiger partial charge in [-0.15, -0.1) is 0 Å². The van der Waals surface area contributed by atoms with Gasteiger partial charge in [0.1, 0.15) is 11.5 Å². The molecule has 166 valence electrons. The Morgan fingerprint density at radius 3 is 1.62 bits per heavy atom. The van der Waals surface area contributed by atoms with Gasteiger partial charge in [0.05, 0.1) is 0 Å². The number of hydrogen-bond donors (Lipinski definition) is 0. The zero-order chi connectivity index (χ0) is 23.5. The van der Waals surface area contributed by atoms with Gasteiger partial charge in [-0.25, -0.2) is 9.59 Å². The number of hydrogen-bond acceptors (Lipinski definition) is 7. The van der Waals surface area contributed by atoms with Gasteiger partial charge in [-0.3, -0.25) is 4.79 Å². The molecule has 0 aliphatic carbocycles.